The summed E-state index contributed by atoms with van der Waals surface area (Å²) >= 11 is 0. The van der Waals surface area contributed by atoms with E-state index >= 15 is 4.39 Å². The molecule has 0 radical (unpaired) electrons. The van der Waals surface area contributed by atoms with E-state index in [0.717, 1.165) is 43.6 Å². The molecule has 2 nitrogen and oxygen atoms in total. The predicted octanol–water partition coefficient (Wildman–Crippen LogP) is 12.5. The van der Waals surface area contributed by atoms with Gasteiger partial charge in [0.05, 0.1) is 0 Å². The van der Waals surface area contributed by atoms with Crippen LogP contribution in [0.2, 0.25) is 0 Å². The SMILES string of the molecule is C/C=C/CCC1CCC(C2CCC(c3ccc(-c4cc(F)c(C(F)(F)Oc5cc(F)c(OC(F)(F)F)c(F)c5)c(F)c4)c(F)c3)CC2)CC1. The summed E-state index contributed by atoms with van der Waals surface area (Å²) in [5, 5.41) is 0. The van der Waals surface area contributed by atoms with Crippen LogP contribution >= 0.6 is 0 Å². The number of hydrogen-bond donors (Lipinski definition) is 0. The Labute approximate surface area is 278 Å². The third-order valence-corrected chi connectivity index (χ3v) is 9.85. The second-order valence-corrected chi connectivity index (χ2v) is 13.0. The monoisotopic (exact) mass is 702 g/mol. The van der Waals surface area contributed by atoms with Gasteiger partial charge in [0.25, 0.3) is 0 Å². The molecule has 0 unspecified atom stereocenters. The van der Waals surface area contributed by atoms with Crippen LogP contribution in [0.25, 0.3) is 11.1 Å². The molecule has 49 heavy (non-hydrogen) atoms. The lowest BCUT2D eigenvalue weighted by atomic mass is 9.68. The Morgan fingerprint density at radius 3 is 1.78 bits per heavy atom. The minimum Gasteiger partial charge on any atom is -0.429 e. The lowest BCUT2D eigenvalue weighted by Crippen LogP contribution is -2.25. The van der Waals surface area contributed by atoms with Crippen LogP contribution in [0, 0.1) is 46.8 Å². The van der Waals surface area contributed by atoms with Crippen LogP contribution in [0.1, 0.15) is 88.2 Å². The van der Waals surface area contributed by atoms with Crippen molar-refractivity contribution in [3.8, 4) is 22.6 Å². The lowest BCUT2D eigenvalue weighted by Gasteiger charge is -2.38. The molecular weight excluding hydrogens is 666 g/mol. The maximum Gasteiger partial charge on any atom is 0.573 e. The molecule has 0 heterocycles. The molecule has 2 aliphatic carbocycles. The van der Waals surface area contributed by atoms with E-state index in [-0.39, 0.29) is 29.2 Å². The fourth-order valence-corrected chi connectivity index (χ4v) is 7.40. The zero-order valence-corrected chi connectivity index (χ0v) is 26.7. The van der Waals surface area contributed by atoms with Gasteiger partial charge in [0, 0.05) is 17.7 Å². The van der Waals surface area contributed by atoms with E-state index in [1.54, 1.807) is 6.07 Å². The smallest absolute Gasteiger partial charge is 0.429 e. The normalized spacial score (nSPS) is 22.0. The van der Waals surface area contributed by atoms with Crippen molar-refractivity contribution in [2.45, 2.75) is 89.5 Å². The molecule has 0 saturated heterocycles. The molecule has 0 spiro atoms. The van der Waals surface area contributed by atoms with Crippen LogP contribution in [0.3, 0.4) is 0 Å². The van der Waals surface area contributed by atoms with Gasteiger partial charge in [0.15, 0.2) is 11.6 Å². The van der Waals surface area contributed by atoms with E-state index in [0.29, 0.717) is 24.0 Å². The maximum atomic E-state index is 15.3. The third-order valence-electron chi connectivity index (χ3n) is 9.85. The molecule has 266 valence electrons. The van der Waals surface area contributed by atoms with Crippen molar-refractivity contribution >= 4 is 0 Å². The minimum atomic E-state index is -5.49. The molecule has 0 N–H and O–H groups in total. The van der Waals surface area contributed by atoms with Crippen LogP contribution in [-0.2, 0) is 6.11 Å². The van der Waals surface area contributed by atoms with Gasteiger partial charge >= 0.3 is 12.5 Å². The lowest BCUT2D eigenvalue weighted by molar-refractivity contribution is -0.276. The average molecular weight is 703 g/mol. The highest BCUT2D eigenvalue weighted by Gasteiger charge is 2.42. The van der Waals surface area contributed by atoms with E-state index in [4.69, 9.17) is 0 Å². The first-order valence-electron chi connectivity index (χ1n) is 16.4. The van der Waals surface area contributed by atoms with Crippen molar-refractivity contribution in [1.82, 2.24) is 0 Å². The van der Waals surface area contributed by atoms with Crippen molar-refractivity contribution in [3.05, 3.63) is 94.8 Å². The van der Waals surface area contributed by atoms with Crippen LogP contribution < -0.4 is 9.47 Å². The van der Waals surface area contributed by atoms with Gasteiger partial charge in [-0.25, -0.2) is 22.0 Å². The van der Waals surface area contributed by atoms with Gasteiger partial charge in [-0.1, -0.05) is 37.1 Å². The summed E-state index contributed by atoms with van der Waals surface area (Å²) in [5.74, 6) is -9.66. The molecule has 0 amide bonds. The first-order chi connectivity index (χ1) is 23.1. The van der Waals surface area contributed by atoms with Gasteiger partial charge in [-0.2, -0.15) is 8.78 Å². The highest BCUT2D eigenvalue weighted by molar-refractivity contribution is 5.65. The Morgan fingerprint density at radius 1 is 0.673 bits per heavy atom. The van der Waals surface area contributed by atoms with Crippen molar-refractivity contribution in [2.75, 3.05) is 0 Å². The number of alkyl halides is 5. The van der Waals surface area contributed by atoms with Crippen LogP contribution in [-0.4, -0.2) is 6.36 Å². The summed E-state index contributed by atoms with van der Waals surface area (Å²) < 4.78 is 147. The summed E-state index contributed by atoms with van der Waals surface area (Å²) in [5.41, 5.74) is -1.82. The number of allylic oxidation sites excluding steroid dienone is 2. The first kappa shape index (κ1) is 36.6. The minimum absolute atomic E-state index is 0.0652. The summed E-state index contributed by atoms with van der Waals surface area (Å²) in [6.07, 6.45) is 5.20. The van der Waals surface area contributed by atoms with Crippen LogP contribution in [0.5, 0.6) is 11.5 Å². The second-order valence-electron chi connectivity index (χ2n) is 13.0. The van der Waals surface area contributed by atoms with E-state index in [2.05, 4.69) is 21.6 Å². The van der Waals surface area contributed by atoms with Gasteiger partial charge in [0.1, 0.15) is 28.8 Å². The largest absolute Gasteiger partial charge is 0.573 e. The Morgan fingerprint density at radius 2 is 1.24 bits per heavy atom. The van der Waals surface area contributed by atoms with Crippen LogP contribution in [0.4, 0.5) is 43.9 Å². The Balaban J connectivity index is 1.23. The van der Waals surface area contributed by atoms with E-state index in [1.807, 2.05) is 6.92 Å². The van der Waals surface area contributed by atoms with Crippen LogP contribution in [0.15, 0.2) is 54.6 Å². The highest BCUT2D eigenvalue weighted by Crippen LogP contribution is 2.45. The summed E-state index contributed by atoms with van der Waals surface area (Å²) in [6, 6.07) is 5.10. The van der Waals surface area contributed by atoms with Gasteiger partial charge in [-0.15, -0.1) is 13.2 Å². The molecule has 2 aliphatic rings. The standard InChI is InChI=1S/C37H36F10O2/c1-2-3-4-5-21-6-8-22(9-7-21)23-10-12-24(13-11-23)25-14-15-28(29(38)16-25)26-17-30(39)34(31(40)18-26)36(43,44)48-27-19-32(41)35(33(42)20-27)49-37(45,46)47/h2-3,14-24H,4-13H2,1H3/b3-2+. The number of benzene rings is 3. The molecule has 2 saturated carbocycles. The van der Waals surface area contributed by atoms with Crippen molar-refractivity contribution < 1.29 is 53.4 Å². The zero-order chi connectivity index (χ0) is 35.5. The second kappa shape index (κ2) is 15.0. The molecule has 0 bridgehead atoms. The zero-order valence-electron chi connectivity index (χ0n) is 26.7. The van der Waals surface area contributed by atoms with Gasteiger partial charge in [-0.3, -0.25) is 0 Å². The fourth-order valence-electron chi connectivity index (χ4n) is 7.40. The highest BCUT2D eigenvalue weighted by atomic mass is 19.4. The molecule has 12 heteroatoms. The first-order valence-corrected chi connectivity index (χ1v) is 16.4. The molecule has 2 fully saturated rings. The molecular formula is C37H36F10O2. The van der Waals surface area contributed by atoms with Gasteiger partial charge < -0.3 is 9.47 Å². The molecule has 5 rings (SSSR count). The van der Waals surface area contributed by atoms with E-state index in [9.17, 15) is 39.5 Å². The molecule has 0 atom stereocenters. The number of halogens is 10. The Kier molecular flexibility index (Phi) is 11.2. The quantitative estimate of drug-likeness (QED) is 0.155. The van der Waals surface area contributed by atoms with E-state index < -0.39 is 58.6 Å². The maximum absolute atomic E-state index is 15.3. The third kappa shape index (κ3) is 8.91. The Hall–Kier alpha value is -3.70. The molecule has 0 aromatic heterocycles. The average Bonchev–Trinajstić information content (AvgIpc) is 3.02. The summed E-state index contributed by atoms with van der Waals surface area (Å²) in [6.45, 7) is 2.04. The predicted molar refractivity (Wildman–Crippen MR) is 164 cm³/mol. The molecule has 3 aromatic carbocycles. The number of ether oxygens (including phenoxy) is 2. The molecule has 0 aliphatic heterocycles. The summed E-state index contributed by atoms with van der Waals surface area (Å²) in [4.78, 5) is 0. The number of hydrogen-bond acceptors (Lipinski definition) is 2. The Bertz CT molecular complexity index is 1590. The van der Waals surface area contributed by atoms with Crippen molar-refractivity contribution in [1.29, 1.82) is 0 Å². The van der Waals surface area contributed by atoms with E-state index in [1.165, 1.54) is 44.2 Å². The summed E-state index contributed by atoms with van der Waals surface area (Å²) in [7, 11) is 0. The molecule has 3 aromatic rings. The topological polar surface area (TPSA) is 18.5 Å². The van der Waals surface area contributed by atoms with Gasteiger partial charge in [-0.05, 0) is 111 Å². The van der Waals surface area contributed by atoms with Crippen molar-refractivity contribution in [3.63, 3.8) is 0 Å². The number of rotatable bonds is 10. The fraction of sp³-hybridized carbons (Fsp3) is 0.459. The van der Waals surface area contributed by atoms with Crippen molar-refractivity contribution in [2.24, 2.45) is 17.8 Å². The van der Waals surface area contributed by atoms with Gasteiger partial charge in [0.2, 0.25) is 5.75 Å².